The maximum atomic E-state index is 10.1. The van der Waals surface area contributed by atoms with Crippen LogP contribution < -0.4 is 0 Å². The van der Waals surface area contributed by atoms with E-state index in [-0.39, 0.29) is 0 Å². The van der Waals surface area contributed by atoms with Crippen LogP contribution in [0.3, 0.4) is 0 Å². The average molecular weight is 145 g/mol. The molecule has 56 valence electrons. The zero-order valence-electron chi connectivity index (χ0n) is 5.15. The van der Waals surface area contributed by atoms with Crippen LogP contribution in [0, 0.1) is 0 Å². The van der Waals surface area contributed by atoms with Gasteiger partial charge in [0.2, 0.25) is 0 Å². The highest BCUT2D eigenvalue weighted by atomic mass is 16.4. The van der Waals surface area contributed by atoms with Crippen LogP contribution in [0.15, 0.2) is 4.99 Å². The van der Waals surface area contributed by atoms with Crippen molar-refractivity contribution in [3.05, 3.63) is 0 Å². The van der Waals surface area contributed by atoms with E-state index in [9.17, 15) is 9.59 Å². The van der Waals surface area contributed by atoms with E-state index in [0.29, 0.717) is 0 Å². The van der Waals surface area contributed by atoms with Gasteiger partial charge in [-0.15, -0.1) is 0 Å². The Labute approximate surface area is 57.0 Å². The van der Waals surface area contributed by atoms with E-state index in [1.807, 2.05) is 0 Å². The third kappa shape index (κ3) is 2.81. The molecule has 10 heavy (non-hydrogen) atoms. The highest BCUT2D eigenvalue weighted by Gasteiger charge is 2.17. The Kier molecular flexibility index (Phi) is 3.10. The van der Waals surface area contributed by atoms with E-state index in [1.165, 1.54) is 0 Å². The number of carboxylic acid groups (broad SMARTS) is 2. The largest absolute Gasteiger partial charge is 0.481 e. The molecule has 0 aromatic carbocycles. The fraction of sp³-hybridized carbons (Fsp3) is 0.400. The highest BCUT2D eigenvalue weighted by molar-refractivity contribution is 5.81. The molecule has 0 bridgehead atoms. The van der Waals surface area contributed by atoms with E-state index >= 15 is 0 Å². The van der Waals surface area contributed by atoms with Crippen molar-refractivity contribution in [2.24, 2.45) is 4.99 Å². The minimum absolute atomic E-state index is 0.515. The molecule has 0 aliphatic heterocycles. The number of hydrogen-bond acceptors (Lipinski definition) is 3. The van der Waals surface area contributed by atoms with E-state index in [1.54, 1.807) is 0 Å². The van der Waals surface area contributed by atoms with Crippen molar-refractivity contribution in [3.63, 3.8) is 0 Å². The molecule has 0 rings (SSSR count). The minimum atomic E-state index is -1.27. The van der Waals surface area contributed by atoms with Crippen LogP contribution in [-0.2, 0) is 9.59 Å². The molecule has 0 saturated carbocycles. The molecule has 0 saturated heterocycles. The van der Waals surface area contributed by atoms with Gasteiger partial charge in [0.1, 0.15) is 0 Å². The summed E-state index contributed by atoms with van der Waals surface area (Å²) in [6, 6.07) is -1.22. The average Bonchev–Trinajstić information content (AvgIpc) is 1.81. The van der Waals surface area contributed by atoms with Gasteiger partial charge in [0, 0.05) is 0 Å². The standard InChI is InChI=1S/C5H7NO4/c1-6-3(5(9)10)2-4(7)8/h3H,1-2H2,(H,7,8)(H,9,10). The first-order valence-electron chi connectivity index (χ1n) is 2.48. The van der Waals surface area contributed by atoms with E-state index in [0.717, 1.165) is 0 Å². The number of carbonyl (C=O) groups is 2. The van der Waals surface area contributed by atoms with E-state index < -0.39 is 24.4 Å². The maximum Gasteiger partial charge on any atom is 0.328 e. The second-order valence-electron chi connectivity index (χ2n) is 1.63. The number of nitrogens with zero attached hydrogens (tertiary/aromatic N) is 1. The molecule has 0 radical (unpaired) electrons. The number of rotatable bonds is 4. The SMILES string of the molecule is C=NC(CC(=O)O)C(=O)O. The van der Waals surface area contributed by atoms with Gasteiger partial charge in [-0.05, 0) is 6.72 Å². The molecule has 0 spiro atoms. The predicted molar refractivity (Wildman–Crippen MR) is 33.2 cm³/mol. The molecular weight excluding hydrogens is 138 g/mol. The van der Waals surface area contributed by atoms with Crippen LogP contribution in [0.1, 0.15) is 6.42 Å². The molecule has 0 aromatic heterocycles. The van der Waals surface area contributed by atoms with Crippen LogP contribution in [0.2, 0.25) is 0 Å². The van der Waals surface area contributed by atoms with Gasteiger partial charge in [0.15, 0.2) is 6.04 Å². The number of hydrogen-bond donors (Lipinski definition) is 2. The quantitative estimate of drug-likeness (QED) is 0.527. The van der Waals surface area contributed by atoms with Crippen LogP contribution >= 0.6 is 0 Å². The summed E-state index contributed by atoms with van der Waals surface area (Å²) < 4.78 is 0. The van der Waals surface area contributed by atoms with Crippen molar-refractivity contribution in [3.8, 4) is 0 Å². The zero-order valence-corrected chi connectivity index (χ0v) is 5.15. The summed E-state index contributed by atoms with van der Waals surface area (Å²) in [6.45, 7) is 2.94. The second-order valence-corrected chi connectivity index (χ2v) is 1.63. The Balaban J connectivity index is 3.96. The summed E-state index contributed by atoms with van der Waals surface area (Å²) in [7, 11) is 0. The minimum Gasteiger partial charge on any atom is -0.481 e. The van der Waals surface area contributed by atoms with Gasteiger partial charge in [0.25, 0.3) is 0 Å². The number of aliphatic imine (C=N–C) groups is 1. The number of aliphatic carboxylic acids is 2. The summed E-state index contributed by atoms with van der Waals surface area (Å²) in [4.78, 5) is 23.1. The molecule has 0 aromatic rings. The van der Waals surface area contributed by atoms with Gasteiger partial charge >= 0.3 is 11.9 Å². The topological polar surface area (TPSA) is 87.0 Å². The first kappa shape index (κ1) is 8.61. The summed E-state index contributed by atoms with van der Waals surface area (Å²) in [5, 5.41) is 16.3. The van der Waals surface area contributed by atoms with Gasteiger partial charge < -0.3 is 10.2 Å². The first-order valence-corrected chi connectivity index (χ1v) is 2.48. The Morgan fingerprint density at radius 1 is 1.50 bits per heavy atom. The molecule has 0 amide bonds. The third-order valence-corrected chi connectivity index (χ3v) is 0.873. The molecule has 1 unspecified atom stereocenters. The van der Waals surface area contributed by atoms with Crippen molar-refractivity contribution in [2.45, 2.75) is 12.5 Å². The van der Waals surface area contributed by atoms with Crippen molar-refractivity contribution < 1.29 is 19.8 Å². The van der Waals surface area contributed by atoms with Crippen LogP contribution in [0.4, 0.5) is 0 Å². The smallest absolute Gasteiger partial charge is 0.328 e. The monoisotopic (exact) mass is 145 g/mol. The van der Waals surface area contributed by atoms with Gasteiger partial charge in [-0.2, -0.15) is 0 Å². The van der Waals surface area contributed by atoms with E-state index in [2.05, 4.69) is 11.7 Å². The molecule has 0 aliphatic rings. The Hall–Kier alpha value is -1.39. The van der Waals surface area contributed by atoms with Gasteiger partial charge in [-0.3, -0.25) is 9.79 Å². The van der Waals surface area contributed by atoms with Crippen molar-refractivity contribution in [1.82, 2.24) is 0 Å². The normalized spacial score (nSPS) is 12.0. The molecular formula is C5H7NO4. The molecule has 2 N–H and O–H groups in total. The Morgan fingerprint density at radius 3 is 2.10 bits per heavy atom. The fourth-order valence-corrected chi connectivity index (χ4v) is 0.395. The van der Waals surface area contributed by atoms with Crippen LogP contribution in [-0.4, -0.2) is 34.9 Å². The summed E-state index contributed by atoms with van der Waals surface area (Å²) in [6.07, 6.45) is -0.515. The summed E-state index contributed by atoms with van der Waals surface area (Å²) >= 11 is 0. The third-order valence-electron chi connectivity index (χ3n) is 0.873. The first-order chi connectivity index (χ1) is 4.57. The lowest BCUT2D eigenvalue weighted by Gasteiger charge is -2.00. The molecule has 5 heteroatoms. The van der Waals surface area contributed by atoms with E-state index in [4.69, 9.17) is 10.2 Å². The van der Waals surface area contributed by atoms with Crippen LogP contribution in [0.5, 0.6) is 0 Å². The lowest BCUT2D eigenvalue weighted by atomic mass is 10.2. The molecule has 5 nitrogen and oxygen atoms in total. The molecule has 0 fully saturated rings. The lowest BCUT2D eigenvalue weighted by Crippen LogP contribution is -2.20. The van der Waals surface area contributed by atoms with Gasteiger partial charge in [-0.1, -0.05) is 0 Å². The molecule has 0 aliphatic carbocycles. The molecule has 0 heterocycles. The Morgan fingerprint density at radius 2 is 2.00 bits per heavy atom. The summed E-state index contributed by atoms with van der Waals surface area (Å²) in [5.41, 5.74) is 0. The van der Waals surface area contributed by atoms with Crippen molar-refractivity contribution in [2.75, 3.05) is 0 Å². The van der Waals surface area contributed by atoms with Gasteiger partial charge in [0.05, 0.1) is 6.42 Å². The Bertz CT molecular complexity index is 165. The summed E-state index contributed by atoms with van der Waals surface area (Å²) in [5.74, 6) is -2.46. The van der Waals surface area contributed by atoms with Crippen LogP contribution in [0.25, 0.3) is 0 Å². The van der Waals surface area contributed by atoms with Crippen molar-refractivity contribution in [1.29, 1.82) is 0 Å². The van der Waals surface area contributed by atoms with Crippen molar-refractivity contribution >= 4 is 18.7 Å². The van der Waals surface area contributed by atoms with Gasteiger partial charge in [-0.25, -0.2) is 4.79 Å². The lowest BCUT2D eigenvalue weighted by molar-refractivity contribution is -0.144. The predicted octanol–water partition coefficient (Wildman–Crippen LogP) is -0.385. The maximum absolute atomic E-state index is 10.1. The second kappa shape index (κ2) is 3.60. The highest BCUT2D eigenvalue weighted by Crippen LogP contribution is 1.96. The molecule has 1 atom stereocenters. The fourth-order valence-electron chi connectivity index (χ4n) is 0.395. The zero-order chi connectivity index (χ0) is 8.15. The number of carboxylic acids is 2.